The highest BCUT2D eigenvalue weighted by atomic mass is 35.5. The normalized spacial score (nSPS) is 11.3. The van der Waals surface area contributed by atoms with E-state index in [1.165, 1.54) is 24.4 Å². The van der Waals surface area contributed by atoms with Crippen LogP contribution in [0.2, 0.25) is 5.02 Å². The second kappa shape index (κ2) is 6.17. The molecule has 0 radical (unpaired) electrons. The first kappa shape index (κ1) is 17.2. The van der Waals surface area contributed by atoms with Crippen LogP contribution in [0, 0.1) is 17.7 Å². The molecule has 9 heteroatoms. The van der Waals surface area contributed by atoms with Gasteiger partial charge in [0.2, 0.25) is 17.8 Å². The second-order valence-corrected chi connectivity index (χ2v) is 6.14. The third-order valence-corrected chi connectivity index (χ3v) is 4.34. The van der Waals surface area contributed by atoms with Crippen LogP contribution in [-0.2, 0) is 0 Å². The summed E-state index contributed by atoms with van der Waals surface area (Å²) < 4.78 is 46.0. The molecule has 3 heterocycles. The van der Waals surface area contributed by atoms with Gasteiger partial charge in [0.1, 0.15) is 17.2 Å². The molecule has 0 spiro atoms. The standard InChI is InChI=1S/C18H10ClF3N4O/c19-10-3-7(1-2-11(10)20)9-6-25-16(8-4-12(21)26-13(22)5-8)17-14(9)15(23)18(24)27-17/h1-6H,23-24H2. The molecule has 0 aliphatic carbocycles. The van der Waals surface area contributed by atoms with Crippen molar-refractivity contribution in [2.24, 2.45) is 0 Å². The van der Waals surface area contributed by atoms with Gasteiger partial charge in [0, 0.05) is 29.5 Å². The molecule has 136 valence electrons. The van der Waals surface area contributed by atoms with E-state index in [1.54, 1.807) is 0 Å². The van der Waals surface area contributed by atoms with E-state index in [0.717, 1.165) is 12.1 Å². The molecule has 0 saturated heterocycles. The van der Waals surface area contributed by atoms with Crippen molar-refractivity contribution in [2.45, 2.75) is 0 Å². The van der Waals surface area contributed by atoms with E-state index >= 15 is 0 Å². The lowest BCUT2D eigenvalue weighted by Crippen LogP contribution is -1.94. The molecule has 0 unspecified atom stereocenters. The Morgan fingerprint density at radius 3 is 2.33 bits per heavy atom. The quantitative estimate of drug-likeness (QED) is 0.480. The molecule has 0 aliphatic heterocycles. The second-order valence-electron chi connectivity index (χ2n) is 5.73. The zero-order valence-electron chi connectivity index (χ0n) is 13.4. The van der Waals surface area contributed by atoms with Crippen molar-refractivity contribution in [3.05, 3.63) is 59.3 Å². The third-order valence-electron chi connectivity index (χ3n) is 4.05. The van der Waals surface area contributed by atoms with Gasteiger partial charge in [-0.25, -0.2) is 4.39 Å². The average molecular weight is 391 g/mol. The number of benzene rings is 1. The highest BCUT2D eigenvalue weighted by molar-refractivity contribution is 6.31. The maximum atomic E-state index is 13.5. The summed E-state index contributed by atoms with van der Waals surface area (Å²) in [6.45, 7) is 0. The van der Waals surface area contributed by atoms with Crippen LogP contribution in [0.1, 0.15) is 0 Å². The van der Waals surface area contributed by atoms with Crippen LogP contribution in [0.15, 0.2) is 40.9 Å². The Balaban J connectivity index is 2.03. The first-order valence-electron chi connectivity index (χ1n) is 7.60. The van der Waals surface area contributed by atoms with Crippen molar-refractivity contribution in [1.82, 2.24) is 9.97 Å². The summed E-state index contributed by atoms with van der Waals surface area (Å²) in [6.07, 6.45) is 1.42. The number of anilines is 2. The fourth-order valence-corrected chi connectivity index (χ4v) is 3.02. The molecular weight excluding hydrogens is 381 g/mol. The Bertz CT molecular complexity index is 1190. The Morgan fingerprint density at radius 1 is 0.963 bits per heavy atom. The summed E-state index contributed by atoms with van der Waals surface area (Å²) in [4.78, 5) is 7.29. The topological polar surface area (TPSA) is 91.0 Å². The van der Waals surface area contributed by atoms with E-state index in [2.05, 4.69) is 9.97 Å². The summed E-state index contributed by atoms with van der Waals surface area (Å²) in [6, 6.07) is 6.11. The summed E-state index contributed by atoms with van der Waals surface area (Å²) >= 11 is 5.86. The van der Waals surface area contributed by atoms with Crippen molar-refractivity contribution in [2.75, 3.05) is 11.5 Å². The Kier molecular flexibility index (Phi) is 3.92. The molecule has 5 nitrogen and oxygen atoms in total. The van der Waals surface area contributed by atoms with Gasteiger partial charge in [-0.3, -0.25) is 4.98 Å². The number of nitrogens with zero attached hydrogens (tertiary/aromatic N) is 2. The zero-order chi connectivity index (χ0) is 19.3. The number of aromatic nitrogens is 2. The van der Waals surface area contributed by atoms with Crippen LogP contribution in [0.5, 0.6) is 0 Å². The first-order valence-corrected chi connectivity index (χ1v) is 7.98. The predicted octanol–water partition coefficient (Wildman–Crippen LogP) is 4.79. The third kappa shape index (κ3) is 2.83. The molecule has 3 aromatic heterocycles. The molecule has 0 amide bonds. The fourth-order valence-electron chi connectivity index (χ4n) is 2.84. The number of furan rings is 1. The Labute approximate surface area is 155 Å². The largest absolute Gasteiger partial charge is 0.436 e. The molecule has 1 aromatic carbocycles. The number of pyridine rings is 2. The lowest BCUT2D eigenvalue weighted by atomic mass is 10.0. The molecule has 0 fully saturated rings. The maximum Gasteiger partial charge on any atom is 0.216 e. The number of nitrogen functional groups attached to an aromatic ring is 2. The summed E-state index contributed by atoms with van der Waals surface area (Å²) in [7, 11) is 0. The van der Waals surface area contributed by atoms with Gasteiger partial charge in [-0.1, -0.05) is 17.7 Å². The molecule has 27 heavy (non-hydrogen) atoms. The van der Waals surface area contributed by atoms with Gasteiger partial charge in [-0.15, -0.1) is 0 Å². The molecule has 0 aliphatic rings. The van der Waals surface area contributed by atoms with Gasteiger partial charge in [0.25, 0.3) is 0 Å². The van der Waals surface area contributed by atoms with Gasteiger partial charge in [-0.2, -0.15) is 13.8 Å². The average Bonchev–Trinajstić information content (AvgIpc) is 2.91. The summed E-state index contributed by atoms with van der Waals surface area (Å²) in [5, 5.41) is 0.288. The number of nitrogens with two attached hydrogens (primary N) is 2. The van der Waals surface area contributed by atoms with Crippen LogP contribution < -0.4 is 11.5 Å². The minimum absolute atomic E-state index is 0.0799. The van der Waals surface area contributed by atoms with Gasteiger partial charge in [0.05, 0.1) is 10.4 Å². The first-order chi connectivity index (χ1) is 12.8. The molecule has 0 saturated carbocycles. The number of hydrogen-bond acceptors (Lipinski definition) is 5. The van der Waals surface area contributed by atoms with Crippen LogP contribution in [0.4, 0.5) is 24.7 Å². The Morgan fingerprint density at radius 2 is 1.67 bits per heavy atom. The van der Waals surface area contributed by atoms with E-state index in [1.807, 2.05) is 0 Å². The minimum Gasteiger partial charge on any atom is -0.436 e. The Hall–Kier alpha value is -3.26. The highest BCUT2D eigenvalue weighted by Crippen LogP contribution is 2.42. The molecular formula is C18H10ClF3N4O. The van der Waals surface area contributed by atoms with Crippen molar-refractivity contribution >= 4 is 34.1 Å². The molecule has 4 aromatic rings. The van der Waals surface area contributed by atoms with Gasteiger partial charge < -0.3 is 15.9 Å². The van der Waals surface area contributed by atoms with Crippen molar-refractivity contribution in [1.29, 1.82) is 0 Å². The lowest BCUT2D eigenvalue weighted by Gasteiger charge is -2.08. The monoisotopic (exact) mass is 390 g/mol. The van der Waals surface area contributed by atoms with Crippen molar-refractivity contribution in [3.63, 3.8) is 0 Å². The molecule has 4 rings (SSSR count). The SMILES string of the molecule is Nc1oc2c(-c3cc(F)nc(F)c3)ncc(-c3ccc(F)c(Cl)c3)c2c1N. The highest BCUT2D eigenvalue weighted by Gasteiger charge is 2.21. The zero-order valence-corrected chi connectivity index (χ0v) is 14.2. The molecule has 0 bridgehead atoms. The van der Waals surface area contributed by atoms with E-state index in [-0.39, 0.29) is 33.4 Å². The number of rotatable bonds is 2. The van der Waals surface area contributed by atoms with Gasteiger partial charge in [-0.05, 0) is 17.7 Å². The van der Waals surface area contributed by atoms with Crippen LogP contribution in [0.25, 0.3) is 33.4 Å². The number of halogens is 4. The van der Waals surface area contributed by atoms with Crippen molar-refractivity contribution < 1.29 is 17.6 Å². The van der Waals surface area contributed by atoms with Crippen LogP contribution in [0.3, 0.4) is 0 Å². The van der Waals surface area contributed by atoms with E-state index < -0.39 is 17.7 Å². The van der Waals surface area contributed by atoms with Crippen molar-refractivity contribution in [3.8, 4) is 22.4 Å². The number of hydrogen-bond donors (Lipinski definition) is 2. The van der Waals surface area contributed by atoms with E-state index in [9.17, 15) is 13.2 Å². The predicted molar refractivity (Wildman–Crippen MR) is 96.4 cm³/mol. The van der Waals surface area contributed by atoms with Gasteiger partial charge in [0.15, 0.2) is 5.58 Å². The van der Waals surface area contributed by atoms with Crippen LogP contribution in [-0.4, -0.2) is 9.97 Å². The smallest absolute Gasteiger partial charge is 0.216 e. The number of fused-ring (bicyclic) bond motifs is 1. The lowest BCUT2D eigenvalue weighted by molar-refractivity contribution is 0.513. The van der Waals surface area contributed by atoms with E-state index in [4.69, 9.17) is 27.5 Å². The van der Waals surface area contributed by atoms with Crippen LogP contribution >= 0.6 is 11.6 Å². The van der Waals surface area contributed by atoms with E-state index in [0.29, 0.717) is 16.5 Å². The maximum absolute atomic E-state index is 13.5. The molecule has 0 atom stereocenters. The molecule has 4 N–H and O–H groups in total. The van der Waals surface area contributed by atoms with Gasteiger partial charge >= 0.3 is 0 Å². The summed E-state index contributed by atoms with van der Waals surface area (Å²) in [5.41, 5.74) is 13.3. The summed E-state index contributed by atoms with van der Waals surface area (Å²) in [5.74, 6) is -2.68. The fraction of sp³-hybridized carbons (Fsp3) is 0. The minimum atomic E-state index is -1.01.